The average molecular weight is 538 g/mol. The zero-order chi connectivity index (χ0) is 25.8. The number of imidazole rings is 1. The minimum Gasteiger partial charge on any atom is -0.348 e. The highest BCUT2D eigenvalue weighted by Crippen LogP contribution is 2.56. The first-order valence-corrected chi connectivity index (χ1v) is 13.5. The van der Waals surface area contributed by atoms with E-state index in [0.717, 1.165) is 12.2 Å². The SMILES string of the molecule is C[C@H]1CC2CC(S(=O)(=O)c3cc(C(=O)Nc4cc(F)c(F)c(F)c4)ccc3Cl)CC1[C@@H]2c1ncc[nH]1. The summed E-state index contributed by atoms with van der Waals surface area (Å²) < 4.78 is 67.7. The van der Waals surface area contributed by atoms with Gasteiger partial charge in [-0.2, -0.15) is 0 Å². The molecule has 0 saturated heterocycles. The summed E-state index contributed by atoms with van der Waals surface area (Å²) >= 11 is 6.28. The molecule has 1 amide bonds. The molecular weight excluding hydrogens is 515 g/mol. The second kappa shape index (κ2) is 9.23. The maximum Gasteiger partial charge on any atom is 0.255 e. The summed E-state index contributed by atoms with van der Waals surface area (Å²) in [6, 6.07) is 5.07. The largest absolute Gasteiger partial charge is 0.348 e. The van der Waals surface area contributed by atoms with Gasteiger partial charge in [0.2, 0.25) is 0 Å². The Bertz CT molecular complexity index is 1410. The maximum absolute atomic E-state index is 13.7. The van der Waals surface area contributed by atoms with Crippen LogP contribution in [0.1, 0.15) is 48.3 Å². The number of fused-ring (bicyclic) bond motifs is 2. The fourth-order valence-corrected chi connectivity index (χ4v) is 8.28. The van der Waals surface area contributed by atoms with E-state index in [-0.39, 0.29) is 38.9 Å². The van der Waals surface area contributed by atoms with Crippen LogP contribution in [0.25, 0.3) is 0 Å². The van der Waals surface area contributed by atoms with E-state index in [2.05, 4.69) is 22.2 Å². The zero-order valence-electron chi connectivity index (χ0n) is 19.1. The van der Waals surface area contributed by atoms with Crippen molar-refractivity contribution < 1.29 is 26.4 Å². The third-order valence-electron chi connectivity index (χ3n) is 7.49. The summed E-state index contributed by atoms with van der Waals surface area (Å²) in [6.07, 6.45) is 5.28. The highest BCUT2D eigenvalue weighted by molar-refractivity contribution is 7.92. The van der Waals surface area contributed by atoms with Gasteiger partial charge in [0.05, 0.1) is 15.2 Å². The van der Waals surface area contributed by atoms with Crippen molar-refractivity contribution in [2.75, 3.05) is 5.32 Å². The lowest BCUT2D eigenvalue weighted by Gasteiger charge is -2.34. The van der Waals surface area contributed by atoms with Gasteiger partial charge in [-0.1, -0.05) is 18.5 Å². The number of carbonyl (C=O) groups excluding carboxylic acids is 1. The van der Waals surface area contributed by atoms with Crippen LogP contribution in [0.5, 0.6) is 0 Å². The number of hydrogen-bond donors (Lipinski definition) is 2. The molecule has 0 aliphatic heterocycles. The minimum atomic E-state index is -3.89. The van der Waals surface area contributed by atoms with Crippen molar-refractivity contribution in [3.05, 3.63) is 76.6 Å². The second-order valence-electron chi connectivity index (χ2n) is 9.63. The van der Waals surface area contributed by atoms with Crippen LogP contribution in [-0.4, -0.2) is 29.5 Å². The minimum absolute atomic E-state index is 0.0148. The van der Waals surface area contributed by atoms with Gasteiger partial charge in [-0.25, -0.2) is 26.6 Å². The zero-order valence-corrected chi connectivity index (χ0v) is 20.7. The number of aromatic nitrogens is 2. The lowest BCUT2D eigenvalue weighted by atomic mass is 9.76. The van der Waals surface area contributed by atoms with Gasteiger partial charge in [0.1, 0.15) is 5.82 Å². The number of carbonyl (C=O) groups is 1. The number of sulfone groups is 1. The Kier molecular flexibility index (Phi) is 6.36. The van der Waals surface area contributed by atoms with E-state index < -0.39 is 38.4 Å². The van der Waals surface area contributed by atoms with Crippen molar-refractivity contribution in [3.63, 3.8) is 0 Å². The fourth-order valence-electron chi connectivity index (χ4n) is 5.87. The Morgan fingerprint density at radius 1 is 1.11 bits per heavy atom. The number of nitrogens with one attached hydrogen (secondary N) is 2. The van der Waals surface area contributed by atoms with Gasteiger partial charge in [-0.15, -0.1) is 0 Å². The van der Waals surface area contributed by atoms with Crippen LogP contribution in [0.4, 0.5) is 18.9 Å². The van der Waals surface area contributed by atoms with E-state index in [1.807, 2.05) is 0 Å². The van der Waals surface area contributed by atoms with Gasteiger partial charge in [-0.05, 0) is 55.2 Å². The summed E-state index contributed by atoms with van der Waals surface area (Å²) in [5, 5.41) is 1.58. The van der Waals surface area contributed by atoms with Gasteiger partial charge in [0.15, 0.2) is 27.3 Å². The highest BCUT2D eigenvalue weighted by atomic mass is 35.5. The van der Waals surface area contributed by atoms with Crippen LogP contribution in [0, 0.1) is 35.2 Å². The Morgan fingerprint density at radius 3 is 2.47 bits per heavy atom. The first-order valence-electron chi connectivity index (χ1n) is 11.5. The average Bonchev–Trinajstić information content (AvgIpc) is 3.42. The normalized spacial score (nSPS) is 25.6. The van der Waals surface area contributed by atoms with Crippen molar-refractivity contribution in [2.45, 2.75) is 42.2 Å². The molecule has 2 aliphatic rings. The van der Waals surface area contributed by atoms with Crippen molar-refractivity contribution >= 4 is 33.0 Å². The van der Waals surface area contributed by atoms with Crippen molar-refractivity contribution in [2.24, 2.45) is 17.8 Å². The van der Waals surface area contributed by atoms with Crippen LogP contribution < -0.4 is 5.32 Å². The molecule has 2 aromatic carbocycles. The summed E-state index contributed by atoms with van der Waals surface area (Å²) in [4.78, 5) is 20.2. The van der Waals surface area contributed by atoms with E-state index in [1.54, 1.807) is 12.4 Å². The van der Waals surface area contributed by atoms with E-state index in [0.29, 0.717) is 30.9 Å². The molecule has 5 rings (SSSR count). The fraction of sp³-hybridized carbons (Fsp3) is 0.360. The molecule has 1 heterocycles. The number of aromatic amines is 1. The van der Waals surface area contributed by atoms with E-state index in [1.165, 1.54) is 18.2 Å². The first kappa shape index (κ1) is 24.8. The number of nitrogens with zero attached hydrogens (tertiary/aromatic N) is 1. The molecule has 3 unspecified atom stereocenters. The molecule has 0 spiro atoms. The van der Waals surface area contributed by atoms with Gasteiger partial charge in [0.25, 0.3) is 5.91 Å². The molecule has 2 aliphatic carbocycles. The Balaban J connectivity index is 1.40. The molecule has 11 heteroatoms. The Hall–Kier alpha value is -2.85. The van der Waals surface area contributed by atoms with Crippen LogP contribution in [0.15, 0.2) is 47.6 Å². The first-order chi connectivity index (χ1) is 17.1. The topological polar surface area (TPSA) is 91.9 Å². The lowest BCUT2D eigenvalue weighted by Crippen LogP contribution is -2.34. The molecule has 6 nitrogen and oxygen atoms in total. The predicted molar refractivity (Wildman–Crippen MR) is 128 cm³/mol. The Morgan fingerprint density at radius 2 is 1.83 bits per heavy atom. The summed E-state index contributed by atoms with van der Waals surface area (Å²) in [6.45, 7) is 2.13. The van der Waals surface area contributed by atoms with Gasteiger partial charge >= 0.3 is 0 Å². The predicted octanol–water partition coefficient (Wildman–Crippen LogP) is 5.72. The number of benzene rings is 2. The Labute approximate surface area is 211 Å². The molecule has 190 valence electrons. The molecule has 36 heavy (non-hydrogen) atoms. The number of H-pyrrole nitrogens is 1. The van der Waals surface area contributed by atoms with Crippen LogP contribution in [-0.2, 0) is 9.84 Å². The van der Waals surface area contributed by atoms with Gasteiger partial charge in [0, 0.05) is 41.7 Å². The standard InChI is InChI=1S/C25H23ClF3N3O3S/c1-12-6-14-7-16(11-17(12)22(14)24-30-4-5-31-24)36(34,35)21-8-13(2-3-18(21)26)25(33)32-15-9-19(27)23(29)20(28)10-15/h2-5,8-10,12,14,16-17,22H,6-7,11H2,1H3,(H,30,31)(H,32,33)/t12-,14?,16?,17?,22+/m0/s1. The molecule has 2 bridgehead atoms. The summed E-state index contributed by atoms with van der Waals surface area (Å²) in [7, 11) is -3.89. The molecule has 2 N–H and O–H groups in total. The molecule has 5 atom stereocenters. The summed E-state index contributed by atoms with van der Waals surface area (Å²) in [5.74, 6) is -3.70. The third kappa shape index (κ3) is 4.30. The van der Waals surface area contributed by atoms with Crippen molar-refractivity contribution in [1.29, 1.82) is 0 Å². The monoisotopic (exact) mass is 537 g/mol. The number of rotatable bonds is 5. The number of hydrogen-bond acceptors (Lipinski definition) is 4. The second-order valence-corrected chi connectivity index (χ2v) is 12.2. The smallest absolute Gasteiger partial charge is 0.255 e. The number of anilines is 1. The van der Waals surface area contributed by atoms with Crippen LogP contribution in [0.3, 0.4) is 0 Å². The highest BCUT2D eigenvalue weighted by Gasteiger charge is 2.51. The van der Waals surface area contributed by atoms with E-state index >= 15 is 0 Å². The van der Waals surface area contributed by atoms with Gasteiger partial charge in [-0.3, -0.25) is 4.79 Å². The van der Waals surface area contributed by atoms with E-state index in [4.69, 9.17) is 11.6 Å². The van der Waals surface area contributed by atoms with E-state index in [9.17, 15) is 26.4 Å². The molecule has 3 aromatic rings. The van der Waals surface area contributed by atoms with Crippen LogP contribution >= 0.6 is 11.6 Å². The summed E-state index contributed by atoms with van der Waals surface area (Å²) in [5.41, 5.74) is -0.374. The number of amides is 1. The third-order valence-corrected chi connectivity index (χ3v) is 10.1. The number of halogens is 4. The molecular formula is C25H23ClF3N3O3S. The van der Waals surface area contributed by atoms with Crippen LogP contribution in [0.2, 0.25) is 5.02 Å². The molecule has 2 saturated carbocycles. The maximum atomic E-state index is 13.7. The van der Waals surface area contributed by atoms with Gasteiger partial charge < -0.3 is 10.3 Å². The molecule has 2 fully saturated rings. The lowest BCUT2D eigenvalue weighted by molar-refractivity contribution is 0.102. The quantitative estimate of drug-likeness (QED) is 0.407. The molecule has 1 aromatic heterocycles. The van der Waals surface area contributed by atoms with Crippen molar-refractivity contribution in [1.82, 2.24) is 9.97 Å². The van der Waals surface area contributed by atoms with Crippen molar-refractivity contribution in [3.8, 4) is 0 Å². The molecule has 0 radical (unpaired) electrons.